The lowest BCUT2D eigenvalue weighted by Crippen LogP contribution is -2.42. The summed E-state index contributed by atoms with van der Waals surface area (Å²) in [5, 5.41) is 15.6. The monoisotopic (exact) mass is 293 g/mol. The van der Waals surface area contributed by atoms with E-state index in [1.165, 1.54) is 0 Å². The Morgan fingerprint density at radius 2 is 2.25 bits per heavy atom. The van der Waals surface area contributed by atoms with Gasteiger partial charge in [0, 0.05) is 31.1 Å². The Morgan fingerprint density at radius 1 is 1.50 bits per heavy atom. The number of anilines is 1. The van der Waals surface area contributed by atoms with Crippen LogP contribution >= 0.6 is 11.8 Å². The third-order valence-corrected chi connectivity index (χ3v) is 4.12. The molecule has 0 amide bonds. The minimum Gasteiger partial charge on any atom is -0.381 e. The van der Waals surface area contributed by atoms with Gasteiger partial charge in [-0.1, -0.05) is 0 Å². The molecule has 0 aliphatic carbocycles. The molecule has 2 rings (SSSR count). The molecule has 108 valence electrons. The van der Waals surface area contributed by atoms with E-state index in [2.05, 4.69) is 26.2 Å². The number of guanidine groups is 1. The molecule has 0 aromatic carbocycles. The summed E-state index contributed by atoms with van der Waals surface area (Å²) >= 11 is 1.94. The highest BCUT2D eigenvalue weighted by Gasteiger charge is 2.12. The number of H-pyrrole nitrogens is 1. The lowest BCUT2D eigenvalue weighted by Gasteiger charge is -2.27. The van der Waals surface area contributed by atoms with Gasteiger partial charge < -0.3 is 16.4 Å². The Bertz CT molecular complexity index is 510. The number of thioether (sulfide) groups is 1. The van der Waals surface area contributed by atoms with Crippen LogP contribution in [0.15, 0.2) is 4.99 Å². The molecule has 1 aliphatic heterocycles. The molecule has 0 saturated carbocycles. The van der Waals surface area contributed by atoms with Gasteiger partial charge in [0.1, 0.15) is 11.6 Å². The molecule has 1 saturated heterocycles. The molecule has 0 spiro atoms. The van der Waals surface area contributed by atoms with Gasteiger partial charge in [0.15, 0.2) is 11.8 Å². The maximum Gasteiger partial charge on any atom is 0.191 e. The lowest BCUT2D eigenvalue weighted by atomic mass is 10.1. The molecule has 0 radical (unpaired) electrons. The molecule has 1 fully saturated rings. The number of hydrogen-bond acceptors (Lipinski definition) is 5. The molecule has 1 aromatic rings. The first-order chi connectivity index (χ1) is 9.72. The van der Waals surface area contributed by atoms with Crippen LogP contribution in [0.4, 0.5) is 5.82 Å². The summed E-state index contributed by atoms with van der Waals surface area (Å²) < 4.78 is 0. The minimum absolute atomic E-state index is 0.260. The second-order valence-electron chi connectivity index (χ2n) is 4.52. The van der Waals surface area contributed by atoms with E-state index in [0.29, 0.717) is 24.5 Å². The Labute approximate surface area is 122 Å². The van der Waals surface area contributed by atoms with Crippen molar-refractivity contribution in [3.8, 4) is 6.07 Å². The third kappa shape index (κ3) is 3.57. The van der Waals surface area contributed by atoms with Crippen molar-refractivity contribution in [2.75, 3.05) is 36.9 Å². The lowest BCUT2D eigenvalue weighted by molar-refractivity contribution is 0.455. The van der Waals surface area contributed by atoms with E-state index < -0.39 is 0 Å². The van der Waals surface area contributed by atoms with Crippen LogP contribution in [0.5, 0.6) is 0 Å². The second-order valence-corrected chi connectivity index (χ2v) is 5.74. The average molecular weight is 293 g/mol. The van der Waals surface area contributed by atoms with Crippen molar-refractivity contribution in [1.82, 2.24) is 15.1 Å². The maximum absolute atomic E-state index is 8.96. The van der Waals surface area contributed by atoms with E-state index in [1.807, 2.05) is 11.8 Å². The van der Waals surface area contributed by atoms with Gasteiger partial charge >= 0.3 is 0 Å². The fourth-order valence-corrected chi connectivity index (χ4v) is 2.94. The van der Waals surface area contributed by atoms with Gasteiger partial charge in [-0.05, 0) is 12.8 Å². The summed E-state index contributed by atoms with van der Waals surface area (Å²) in [6.07, 6.45) is 1.50. The minimum atomic E-state index is 0.260. The number of nitrogens with two attached hydrogens (primary N) is 2. The maximum atomic E-state index is 8.96. The van der Waals surface area contributed by atoms with E-state index in [4.69, 9.17) is 16.7 Å². The number of aromatic nitrogens is 2. The zero-order chi connectivity index (χ0) is 14.4. The average Bonchev–Trinajstić information content (AvgIpc) is 2.84. The molecule has 1 aromatic heterocycles. The summed E-state index contributed by atoms with van der Waals surface area (Å²) in [4.78, 5) is 6.50. The normalized spacial score (nSPS) is 16.1. The number of hydrogen-bond donors (Lipinski definition) is 3. The molecular weight excluding hydrogens is 274 g/mol. The van der Waals surface area contributed by atoms with Crippen molar-refractivity contribution in [1.29, 1.82) is 5.26 Å². The molecule has 1 aliphatic rings. The number of nitrogens with one attached hydrogen (secondary N) is 1. The number of rotatable bonds is 4. The molecule has 2 heterocycles. The van der Waals surface area contributed by atoms with Crippen LogP contribution in [0.1, 0.15) is 17.7 Å². The van der Waals surface area contributed by atoms with Crippen LogP contribution in [-0.2, 0) is 6.42 Å². The van der Waals surface area contributed by atoms with Crippen molar-refractivity contribution in [3.63, 3.8) is 0 Å². The van der Waals surface area contributed by atoms with Crippen molar-refractivity contribution >= 4 is 23.5 Å². The number of aromatic amines is 1. The molecular formula is C12H19N7S. The standard InChI is InChI=1S/C12H19N7S/c13-8-9-10(17-18-11(9)14)2-1-3-16-12(15)19-4-6-20-7-5-19/h1-7H2,(H2,15,16)(H3,14,17,18). The van der Waals surface area contributed by atoms with Gasteiger partial charge in [0.2, 0.25) is 0 Å². The van der Waals surface area contributed by atoms with Crippen molar-refractivity contribution < 1.29 is 0 Å². The molecule has 8 heteroatoms. The van der Waals surface area contributed by atoms with Crippen LogP contribution < -0.4 is 11.5 Å². The number of aliphatic imine (C=N–C) groups is 1. The highest BCUT2D eigenvalue weighted by Crippen LogP contribution is 2.13. The topological polar surface area (TPSA) is 120 Å². The predicted octanol–water partition coefficient (Wildman–Crippen LogP) is 0.160. The van der Waals surface area contributed by atoms with Gasteiger partial charge in [-0.2, -0.15) is 22.1 Å². The van der Waals surface area contributed by atoms with Crippen LogP contribution in [-0.4, -0.2) is 52.2 Å². The highest BCUT2D eigenvalue weighted by molar-refractivity contribution is 7.99. The zero-order valence-corrected chi connectivity index (χ0v) is 12.1. The molecule has 0 unspecified atom stereocenters. The van der Waals surface area contributed by atoms with Crippen LogP contribution in [0, 0.1) is 11.3 Å². The van der Waals surface area contributed by atoms with Gasteiger partial charge in [-0.15, -0.1) is 0 Å². The Balaban J connectivity index is 1.79. The fourth-order valence-electron chi connectivity index (χ4n) is 2.04. The molecule has 0 bridgehead atoms. The van der Waals surface area contributed by atoms with Crippen molar-refractivity contribution in [3.05, 3.63) is 11.3 Å². The molecule has 0 atom stereocenters. The van der Waals surface area contributed by atoms with Gasteiger partial charge in [-0.25, -0.2) is 0 Å². The van der Waals surface area contributed by atoms with Crippen molar-refractivity contribution in [2.24, 2.45) is 10.7 Å². The molecule has 5 N–H and O–H groups in total. The first-order valence-electron chi connectivity index (χ1n) is 6.57. The van der Waals surface area contributed by atoms with E-state index in [9.17, 15) is 0 Å². The summed E-state index contributed by atoms with van der Waals surface area (Å²) in [6.45, 7) is 2.57. The number of nitrogen functional groups attached to an aromatic ring is 1. The van der Waals surface area contributed by atoms with Crippen LogP contribution in [0.2, 0.25) is 0 Å². The van der Waals surface area contributed by atoms with Gasteiger partial charge in [0.05, 0.1) is 5.69 Å². The number of nitrogens with zero attached hydrogens (tertiary/aromatic N) is 4. The summed E-state index contributed by atoms with van der Waals surface area (Å²) in [5.41, 5.74) is 12.8. The zero-order valence-electron chi connectivity index (χ0n) is 11.3. The summed E-state index contributed by atoms with van der Waals surface area (Å²) in [7, 11) is 0. The molecule has 7 nitrogen and oxygen atoms in total. The van der Waals surface area contributed by atoms with E-state index in [0.717, 1.165) is 36.7 Å². The van der Waals surface area contributed by atoms with Gasteiger partial charge in [-0.3, -0.25) is 10.1 Å². The summed E-state index contributed by atoms with van der Waals surface area (Å²) in [5.74, 6) is 3.09. The number of aryl methyl sites for hydroxylation is 1. The van der Waals surface area contributed by atoms with Crippen LogP contribution in [0.25, 0.3) is 0 Å². The summed E-state index contributed by atoms with van der Waals surface area (Å²) in [6, 6.07) is 2.06. The quantitative estimate of drug-likeness (QED) is 0.413. The largest absolute Gasteiger partial charge is 0.381 e. The first-order valence-corrected chi connectivity index (χ1v) is 7.73. The molecule has 20 heavy (non-hydrogen) atoms. The van der Waals surface area contributed by atoms with E-state index >= 15 is 0 Å². The fraction of sp³-hybridized carbons (Fsp3) is 0.583. The Hall–Kier alpha value is -1.88. The number of nitriles is 1. The second kappa shape index (κ2) is 7.05. The highest BCUT2D eigenvalue weighted by atomic mass is 32.2. The van der Waals surface area contributed by atoms with E-state index in [-0.39, 0.29) is 5.82 Å². The van der Waals surface area contributed by atoms with Crippen molar-refractivity contribution in [2.45, 2.75) is 12.8 Å². The van der Waals surface area contributed by atoms with Crippen LogP contribution in [0.3, 0.4) is 0 Å². The third-order valence-electron chi connectivity index (χ3n) is 3.17. The predicted molar refractivity (Wildman–Crippen MR) is 81.4 cm³/mol. The Kier molecular flexibility index (Phi) is 5.12. The SMILES string of the molecule is N#Cc1c(N)n[nH]c1CCCN=C(N)N1CCSCC1. The Morgan fingerprint density at radius 3 is 2.95 bits per heavy atom. The first kappa shape index (κ1) is 14.5. The van der Waals surface area contributed by atoms with Gasteiger partial charge in [0.25, 0.3) is 0 Å². The smallest absolute Gasteiger partial charge is 0.191 e. The van der Waals surface area contributed by atoms with E-state index in [1.54, 1.807) is 0 Å².